The molecule has 0 bridgehead atoms. The summed E-state index contributed by atoms with van der Waals surface area (Å²) in [6.07, 6.45) is 4.98. The Bertz CT molecular complexity index is 498. The smallest absolute Gasteiger partial charge is 0.303 e. The number of aromatic nitrogens is 2. The average molecular weight is 251 g/mol. The predicted molar refractivity (Wildman–Crippen MR) is 70.9 cm³/mol. The molecule has 0 N–H and O–H groups in total. The van der Waals surface area contributed by atoms with E-state index < -0.39 is 0 Å². The van der Waals surface area contributed by atoms with E-state index in [0.717, 1.165) is 26.1 Å². The molecule has 0 aliphatic carbocycles. The number of hydrogen-bond acceptors (Lipinski definition) is 3. The lowest BCUT2D eigenvalue weighted by Gasteiger charge is -2.14. The Morgan fingerprint density at radius 1 is 1.17 bits per heavy atom. The minimum atomic E-state index is -0.189. The summed E-state index contributed by atoms with van der Waals surface area (Å²) >= 11 is 0. The van der Waals surface area contributed by atoms with Crippen LogP contribution in [0.15, 0.2) is 21.9 Å². The molecule has 2 heterocycles. The lowest BCUT2D eigenvalue weighted by molar-refractivity contribution is 0.322. The van der Waals surface area contributed by atoms with Crippen LogP contribution in [0.5, 0.6) is 0 Å². The van der Waals surface area contributed by atoms with E-state index in [-0.39, 0.29) is 11.2 Å². The molecule has 2 rings (SSSR count). The molecule has 5 heteroatoms. The largest absolute Gasteiger partial charge is 0.330 e. The van der Waals surface area contributed by atoms with Gasteiger partial charge in [-0.1, -0.05) is 0 Å². The predicted octanol–water partition coefficient (Wildman–Crippen LogP) is 0.516. The zero-order valence-corrected chi connectivity index (χ0v) is 11.0. The highest BCUT2D eigenvalue weighted by Gasteiger charge is 2.11. The van der Waals surface area contributed by atoms with Gasteiger partial charge in [-0.25, -0.2) is 4.79 Å². The molecule has 0 spiro atoms. The van der Waals surface area contributed by atoms with Crippen LogP contribution in [0.3, 0.4) is 0 Å². The molecule has 1 aromatic heterocycles. The Morgan fingerprint density at radius 3 is 2.56 bits per heavy atom. The Kier molecular flexibility index (Phi) is 4.36. The van der Waals surface area contributed by atoms with Gasteiger partial charge in [0.1, 0.15) is 0 Å². The van der Waals surface area contributed by atoms with E-state index in [9.17, 15) is 9.59 Å². The summed E-state index contributed by atoms with van der Waals surface area (Å²) in [6, 6.07) is 1.47. The van der Waals surface area contributed by atoms with Crippen LogP contribution < -0.4 is 11.2 Å². The SMILES string of the molecule is CCn1ccc(=O)n(CCCN2CCCC2)c1=O. The summed E-state index contributed by atoms with van der Waals surface area (Å²) in [5.41, 5.74) is -0.377. The van der Waals surface area contributed by atoms with Crippen LogP contribution in [0, 0.1) is 0 Å². The highest BCUT2D eigenvalue weighted by molar-refractivity contribution is 4.86. The first-order valence-corrected chi connectivity index (χ1v) is 6.75. The molecule has 0 aromatic carbocycles. The number of hydrogen-bond donors (Lipinski definition) is 0. The maximum atomic E-state index is 12.0. The summed E-state index contributed by atoms with van der Waals surface area (Å²) < 4.78 is 2.91. The van der Waals surface area contributed by atoms with Gasteiger partial charge >= 0.3 is 5.69 Å². The van der Waals surface area contributed by atoms with Crippen LogP contribution in [0.4, 0.5) is 0 Å². The molecule has 0 unspecified atom stereocenters. The normalized spacial score (nSPS) is 16.3. The Morgan fingerprint density at radius 2 is 1.89 bits per heavy atom. The van der Waals surface area contributed by atoms with Gasteiger partial charge in [0.15, 0.2) is 0 Å². The second-order valence-electron chi connectivity index (χ2n) is 4.78. The van der Waals surface area contributed by atoms with Crippen molar-refractivity contribution in [3.63, 3.8) is 0 Å². The summed E-state index contributed by atoms with van der Waals surface area (Å²) in [5.74, 6) is 0. The van der Waals surface area contributed by atoms with E-state index in [2.05, 4.69) is 4.90 Å². The van der Waals surface area contributed by atoms with Gasteiger partial charge in [-0.15, -0.1) is 0 Å². The molecule has 1 aromatic rings. The van der Waals surface area contributed by atoms with Crippen molar-refractivity contribution in [2.45, 2.75) is 39.3 Å². The van der Waals surface area contributed by atoms with E-state index >= 15 is 0 Å². The number of aryl methyl sites for hydroxylation is 1. The molecular formula is C13H21N3O2. The van der Waals surface area contributed by atoms with Gasteiger partial charge in [-0.2, -0.15) is 0 Å². The zero-order chi connectivity index (χ0) is 13.0. The van der Waals surface area contributed by atoms with Gasteiger partial charge < -0.3 is 9.47 Å². The molecule has 18 heavy (non-hydrogen) atoms. The first-order valence-electron chi connectivity index (χ1n) is 6.75. The van der Waals surface area contributed by atoms with Gasteiger partial charge in [0.2, 0.25) is 0 Å². The fourth-order valence-electron chi connectivity index (χ4n) is 2.46. The maximum Gasteiger partial charge on any atom is 0.330 e. The molecule has 1 saturated heterocycles. The molecule has 0 radical (unpaired) electrons. The van der Waals surface area contributed by atoms with Gasteiger partial charge in [-0.05, 0) is 45.8 Å². The average Bonchev–Trinajstić information content (AvgIpc) is 2.86. The minimum Gasteiger partial charge on any atom is -0.303 e. The van der Waals surface area contributed by atoms with Crippen LogP contribution in [0.25, 0.3) is 0 Å². The zero-order valence-electron chi connectivity index (χ0n) is 11.0. The molecule has 1 aliphatic heterocycles. The molecule has 0 saturated carbocycles. The van der Waals surface area contributed by atoms with Crippen molar-refractivity contribution in [3.8, 4) is 0 Å². The van der Waals surface area contributed by atoms with Crippen molar-refractivity contribution in [3.05, 3.63) is 33.1 Å². The summed E-state index contributed by atoms with van der Waals surface area (Å²) in [5, 5.41) is 0. The highest BCUT2D eigenvalue weighted by atomic mass is 16.2. The summed E-state index contributed by atoms with van der Waals surface area (Å²) in [7, 11) is 0. The molecule has 5 nitrogen and oxygen atoms in total. The third-order valence-corrected chi connectivity index (χ3v) is 3.54. The quantitative estimate of drug-likeness (QED) is 0.766. The van der Waals surface area contributed by atoms with Crippen LogP contribution in [0.1, 0.15) is 26.2 Å². The molecule has 0 amide bonds. The van der Waals surface area contributed by atoms with Crippen molar-refractivity contribution in [2.75, 3.05) is 19.6 Å². The van der Waals surface area contributed by atoms with Crippen LogP contribution in [-0.2, 0) is 13.1 Å². The van der Waals surface area contributed by atoms with Crippen molar-refractivity contribution in [1.29, 1.82) is 0 Å². The van der Waals surface area contributed by atoms with Gasteiger partial charge in [0.25, 0.3) is 5.56 Å². The molecule has 1 aliphatic rings. The summed E-state index contributed by atoms with van der Waals surface area (Å²) in [4.78, 5) is 26.0. The molecule has 100 valence electrons. The van der Waals surface area contributed by atoms with E-state index in [0.29, 0.717) is 13.1 Å². The van der Waals surface area contributed by atoms with E-state index in [4.69, 9.17) is 0 Å². The van der Waals surface area contributed by atoms with Crippen LogP contribution in [-0.4, -0.2) is 33.7 Å². The number of likely N-dealkylation sites (tertiary alicyclic amines) is 1. The van der Waals surface area contributed by atoms with Gasteiger partial charge in [0, 0.05) is 25.4 Å². The molecule has 0 atom stereocenters. The van der Waals surface area contributed by atoms with E-state index in [1.807, 2.05) is 6.92 Å². The van der Waals surface area contributed by atoms with Crippen LogP contribution >= 0.6 is 0 Å². The minimum absolute atomic E-state index is 0.188. The maximum absolute atomic E-state index is 12.0. The standard InChI is InChI=1S/C13H21N3O2/c1-2-15-11-6-12(17)16(13(15)18)10-5-9-14-7-3-4-8-14/h6,11H,2-5,7-10H2,1H3. The lowest BCUT2D eigenvalue weighted by atomic mass is 10.4. The second kappa shape index (κ2) is 6.00. The second-order valence-corrected chi connectivity index (χ2v) is 4.78. The van der Waals surface area contributed by atoms with Crippen molar-refractivity contribution in [1.82, 2.24) is 14.0 Å². The Labute approximate surface area is 107 Å². The first kappa shape index (κ1) is 13.1. The van der Waals surface area contributed by atoms with Gasteiger partial charge in [0.05, 0.1) is 0 Å². The van der Waals surface area contributed by atoms with Crippen molar-refractivity contribution < 1.29 is 0 Å². The highest BCUT2D eigenvalue weighted by Crippen LogP contribution is 2.07. The fraction of sp³-hybridized carbons (Fsp3) is 0.692. The van der Waals surface area contributed by atoms with Crippen molar-refractivity contribution >= 4 is 0 Å². The fourth-order valence-corrected chi connectivity index (χ4v) is 2.46. The Balaban J connectivity index is 2.00. The summed E-state index contributed by atoms with van der Waals surface area (Å²) in [6.45, 7) is 6.32. The molecule has 1 fully saturated rings. The number of rotatable bonds is 5. The third-order valence-electron chi connectivity index (χ3n) is 3.54. The van der Waals surface area contributed by atoms with Crippen molar-refractivity contribution in [2.24, 2.45) is 0 Å². The first-order chi connectivity index (χ1) is 8.72. The van der Waals surface area contributed by atoms with E-state index in [1.54, 1.807) is 10.8 Å². The number of nitrogens with zero attached hydrogens (tertiary/aromatic N) is 3. The Hall–Kier alpha value is -1.36. The third kappa shape index (κ3) is 2.90. The molecular weight excluding hydrogens is 230 g/mol. The monoisotopic (exact) mass is 251 g/mol. The topological polar surface area (TPSA) is 47.2 Å². The van der Waals surface area contributed by atoms with Gasteiger partial charge in [-0.3, -0.25) is 9.36 Å². The van der Waals surface area contributed by atoms with E-state index in [1.165, 1.54) is 23.5 Å². The lowest BCUT2D eigenvalue weighted by Crippen LogP contribution is -2.39. The van der Waals surface area contributed by atoms with Crippen LogP contribution in [0.2, 0.25) is 0 Å².